The summed E-state index contributed by atoms with van der Waals surface area (Å²) in [6.07, 6.45) is 8.53. The maximum absolute atomic E-state index is 12.6. The summed E-state index contributed by atoms with van der Waals surface area (Å²) in [5.41, 5.74) is 3.32. The number of aromatic amines is 1. The molecule has 1 unspecified atom stereocenters. The molecule has 0 spiro atoms. The lowest BCUT2D eigenvalue weighted by Crippen LogP contribution is -2.11. The molecule has 1 atom stereocenters. The van der Waals surface area contributed by atoms with Gasteiger partial charge in [0.25, 0.3) is 0 Å². The summed E-state index contributed by atoms with van der Waals surface area (Å²) in [7, 11) is 1.49. The Balaban J connectivity index is 1.58. The van der Waals surface area contributed by atoms with E-state index in [2.05, 4.69) is 26.8 Å². The molecule has 2 heterocycles. The number of methoxy groups -OCH3 is 1. The van der Waals surface area contributed by atoms with Crippen LogP contribution < -0.4 is 10.1 Å². The van der Waals surface area contributed by atoms with Crippen molar-refractivity contribution >= 4 is 28.6 Å². The number of phenolic OH excluding ortho intramolecular Hbond substituents is 1. The number of phenols is 1. The number of aromatic hydroxyl groups is 1. The quantitative estimate of drug-likeness (QED) is 0.418. The summed E-state index contributed by atoms with van der Waals surface area (Å²) in [4.78, 5) is 19.8. The number of aromatic nitrogens is 3. The van der Waals surface area contributed by atoms with Crippen LogP contribution in [0.3, 0.4) is 0 Å². The van der Waals surface area contributed by atoms with Crippen LogP contribution in [-0.2, 0) is 4.79 Å². The molecule has 0 aliphatic rings. The first-order chi connectivity index (χ1) is 14.6. The molecule has 0 aliphatic carbocycles. The minimum atomic E-state index is -0.264. The molecular formula is C23H22N4O3. The van der Waals surface area contributed by atoms with Crippen LogP contribution in [0.5, 0.6) is 11.5 Å². The minimum absolute atomic E-state index is 0.0236. The highest BCUT2D eigenvalue weighted by Crippen LogP contribution is 2.30. The van der Waals surface area contributed by atoms with Crippen molar-refractivity contribution in [2.75, 3.05) is 12.4 Å². The highest BCUT2D eigenvalue weighted by Gasteiger charge is 2.15. The second-order valence-corrected chi connectivity index (χ2v) is 6.90. The number of nitrogens with one attached hydrogen (secondary N) is 2. The number of amides is 1. The van der Waals surface area contributed by atoms with E-state index < -0.39 is 0 Å². The van der Waals surface area contributed by atoms with Gasteiger partial charge in [-0.25, -0.2) is 4.98 Å². The molecule has 0 radical (unpaired) electrons. The average molecular weight is 402 g/mol. The molecule has 2 aromatic heterocycles. The van der Waals surface area contributed by atoms with Gasteiger partial charge in [-0.15, -0.1) is 0 Å². The first-order valence-corrected chi connectivity index (χ1v) is 9.50. The van der Waals surface area contributed by atoms with Gasteiger partial charge in [0.2, 0.25) is 5.91 Å². The standard InChI is InChI=1S/C23H22N4O3/c1-15(19-13-24-14-25-19)27-11-10-17-4-3-5-18(23(17)27)26-22(29)9-7-16-6-8-21(30-2)20(28)12-16/h3-15,28H,1-2H3,(H,24,25)(H,26,29)/b9-7+. The number of hydrogen-bond acceptors (Lipinski definition) is 4. The van der Waals surface area contributed by atoms with Crippen molar-refractivity contribution in [3.63, 3.8) is 0 Å². The van der Waals surface area contributed by atoms with E-state index >= 15 is 0 Å². The van der Waals surface area contributed by atoms with Gasteiger partial charge < -0.3 is 24.7 Å². The summed E-state index contributed by atoms with van der Waals surface area (Å²) in [6, 6.07) is 12.8. The Morgan fingerprint density at radius 1 is 1.30 bits per heavy atom. The number of fused-ring (bicyclic) bond motifs is 1. The fourth-order valence-electron chi connectivity index (χ4n) is 3.44. The SMILES string of the molecule is COc1ccc(/C=C/C(=O)Nc2cccc3ccn(C(C)c4cnc[nH]4)c23)cc1O. The second-order valence-electron chi connectivity index (χ2n) is 6.90. The number of nitrogens with zero attached hydrogens (tertiary/aromatic N) is 2. The zero-order chi connectivity index (χ0) is 21.1. The predicted octanol–water partition coefficient (Wildman–Crippen LogP) is 4.34. The van der Waals surface area contributed by atoms with Crippen LogP contribution in [0.1, 0.15) is 24.2 Å². The number of hydrogen-bond donors (Lipinski definition) is 3. The Morgan fingerprint density at radius 3 is 2.90 bits per heavy atom. The smallest absolute Gasteiger partial charge is 0.248 e. The predicted molar refractivity (Wildman–Crippen MR) is 117 cm³/mol. The Bertz CT molecular complexity index is 1210. The molecule has 0 fully saturated rings. The molecule has 7 heteroatoms. The molecule has 30 heavy (non-hydrogen) atoms. The Kier molecular flexibility index (Phi) is 5.26. The van der Waals surface area contributed by atoms with Gasteiger partial charge in [-0.05, 0) is 42.8 Å². The zero-order valence-corrected chi connectivity index (χ0v) is 16.7. The van der Waals surface area contributed by atoms with Crippen LogP contribution in [0, 0.1) is 0 Å². The lowest BCUT2D eigenvalue weighted by Gasteiger charge is -2.16. The van der Waals surface area contributed by atoms with Gasteiger partial charge in [0, 0.05) is 17.7 Å². The summed E-state index contributed by atoms with van der Waals surface area (Å²) in [5.74, 6) is 0.144. The van der Waals surface area contributed by atoms with Crippen molar-refractivity contribution in [1.82, 2.24) is 14.5 Å². The molecule has 4 rings (SSSR count). The summed E-state index contributed by atoms with van der Waals surface area (Å²) in [6.45, 7) is 2.07. The van der Waals surface area contributed by atoms with E-state index in [4.69, 9.17) is 4.74 Å². The van der Waals surface area contributed by atoms with Crippen LogP contribution >= 0.6 is 0 Å². The zero-order valence-electron chi connectivity index (χ0n) is 16.7. The lowest BCUT2D eigenvalue weighted by atomic mass is 10.2. The van der Waals surface area contributed by atoms with Crippen molar-refractivity contribution in [2.24, 2.45) is 0 Å². The number of H-pyrrole nitrogens is 1. The van der Waals surface area contributed by atoms with E-state index in [1.54, 1.807) is 36.8 Å². The van der Waals surface area contributed by atoms with Crippen molar-refractivity contribution in [3.05, 3.63) is 78.5 Å². The van der Waals surface area contributed by atoms with Gasteiger partial charge in [-0.2, -0.15) is 0 Å². The number of imidazole rings is 1. The first kappa shape index (κ1) is 19.3. The normalized spacial score (nSPS) is 12.3. The lowest BCUT2D eigenvalue weighted by molar-refractivity contribution is -0.111. The van der Waals surface area contributed by atoms with Crippen LogP contribution in [0.2, 0.25) is 0 Å². The topological polar surface area (TPSA) is 92.2 Å². The minimum Gasteiger partial charge on any atom is -0.504 e. The van der Waals surface area contributed by atoms with Crippen molar-refractivity contribution < 1.29 is 14.6 Å². The molecule has 3 N–H and O–H groups in total. The highest BCUT2D eigenvalue weighted by atomic mass is 16.5. The third-order valence-electron chi connectivity index (χ3n) is 5.01. The Morgan fingerprint density at radius 2 is 2.17 bits per heavy atom. The average Bonchev–Trinajstić information content (AvgIpc) is 3.42. The molecular weight excluding hydrogens is 380 g/mol. The van der Waals surface area contributed by atoms with E-state index in [0.29, 0.717) is 11.3 Å². The number of anilines is 1. The van der Waals surface area contributed by atoms with Crippen LogP contribution in [0.25, 0.3) is 17.0 Å². The molecule has 152 valence electrons. The van der Waals surface area contributed by atoms with Gasteiger partial charge in [0.05, 0.1) is 42.6 Å². The van der Waals surface area contributed by atoms with Crippen LogP contribution in [0.4, 0.5) is 5.69 Å². The second kappa shape index (κ2) is 8.16. The first-order valence-electron chi connectivity index (χ1n) is 9.50. The summed E-state index contributed by atoms with van der Waals surface area (Å²) < 4.78 is 7.13. The van der Waals surface area contributed by atoms with E-state index in [9.17, 15) is 9.90 Å². The van der Waals surface area contributed by atoms with Gasteiger partial charge in [-0.3, -0.25) is 4.79 Å². The number of benzene rings is 2. The fourth-order valence-corrected chi connectivity index (χ4v) is 3.44. The third-order valence-corrected chi connectivity index (χ3v) is 5.01. The van der Waals surface area contributed by atoms with Crippen molar-refractivity contribution in [1.29, 1.82) is 0 Å². The number of rotatable bonds is 6. The van der Waals surface area contributed by atoms with Gasteiger partial charge in [0.15, 0.2) is 11.5 Å². The molecule has 0 aliphatic heterocycles. The van der Waals surface area contributed by atoms with Crippen molar-refractivity contribution in [2.45, 2.75) is 13.0 Å². The summed E-state index contributed by atoms with van der Waals surface area (Å²) >= 11 is 0. The number of ether oxygens (including phenoxy) is 1. The molecule has 7 nitrogen and oxygen atoms in total. The van der Waals surface area contributed by atoms with Crippen LogP contribution in [0.15, 0.2) is 67.3 Å². The largest absolute Gasteiger partial charge is 0.504 e. The Hall–Kier alpha value is -4.00. The van der Waals surface area contributed by atoms with Crippen molar-refractivity contribution in [3.8, 4) is 11.5 Å². The number of carbonyl (C=O) groups excluding carboxylic acids is 1. The highest BCUT2D eigenvalue weighted by molar-refractivity contribution is 6.07. The molecule has 0 saturated heterocycles. The van der Waals surface area contributed by atoms with E-state index in [1.807, 2.05) is 30.5 Å². The van der Waals surface area contributed by atoms with Gasteiger partial charge in [0.1, 0.15) is 0 Å². The van der Waals surface area contributed by atoms with Gasteiger partial charge >= 0.3 is 0 Å². The Labute approximate surface area is 173 Å². The monoisotopic (exact) mass is 402 g/mol. The van der Waals surface area contributed by atoms with E-state index in [-0.39, 0.29) is 17.7 Å². The fraction of sp³-hybridized carbons (Fsp3) is 0.130. The molecule has 0 saturated carbocycles. The molecule has 1 amide bonds. The molecule has 2 aromatic carbocycles. The van der Waals surface area contributed by atoms with Crippen LogP contribution in [-0.4, -0.2) is 32.7 Å². The number of carbonyl (C=O) groups is 1. The number of para-hydroxylation sites is 1. The third kappa shape index (κ3) is 3.77. The maximum atomic E-state index is 12.6. The van der Waals surface area contributed by atoms with E-state index in [1.165, 1.54) is 13.2 Å². The molecule has 0 bridgehead atoms. The van der Waals surface area contributed by atoms with E-state index in [0.717, 1.165) is 22.3 Å². The van der Waals surface area contributed by atoms with Gasteiger partial charge in [-0.1, -0.05) is 18.2 Å². The maximum Gasteiger partial charge on any atom is 0.248 e. The molecule has 4 aromatic rings. The summed E-state index contributed by atoms with van der Waals surface area (Å²) in [5, 5.41) is 13.9.